The molecular weight excluding hydrogens is 178 g/mol. The fourth-order valence-corrected chi connectivity index (χ4v) is 1.43. The Kier molecular flexibility index (Phi) is 2.39. The van der Waals surface area contributed by atoms with Gasteiger partial charge in [0.05, 0.1) is 11.6 Å². The number of nitrogens with zero attached hydrogens (tertiary/aromatic N) is 1. The van der Waals surface area contributed by atoms with Crippen molar-refractivity contribution in [2.24, 2.45) is 4.99 Å². The molecule has 3 nitrogen and oxygen atoms in total. The van der Waals surface area contributed by atoms with Gasteiger partial charge in [-0.2, -0.15) is 0 Å². The highest BCUT2D eigenvalue weighted by molar-refractivity contribution is 5.97. The lowest BCUT2D eigenvalue weighted by molar-refractivity contribution is 0.314. The number of aliphatic imine (C=N–C) groups is 1. The minimum Gasteiger partial charge on any atom is -0.507 e. The zero-order chi connectivity index (χ0) is 9.97. The van der Waals surface area contributed by atoms with E-state index in [1.165, 1.54) is 0 Å². The highest BCUT2D eigenvalue weighted by atomic mass is 16.5. The molecule has 0 bridgehead atoms. The van der Waals surface area contributed by atoms with Crippen LogP contribution in [0.1, 0.15) is 18.9 Å². The minimum atomic E-state index is 0.225. The summed E-state index contributed by atoms with van der Waals surface area (Å²) in [6.45, 7) is 2.70. The predicted octanol–water partition coefficient (Wildman–Crippen LogP) is 1.95. The van der Waals surface area contributed by atoms with Gasteiger partial charge in [-0.3, -0.25) is 0 Å². The van der Waals surface area contributed by atoms with Crippen LogP contribution in [0.25, 0.3) is 0 Å². The van der Waals surface area contributed by atoms with Gasteiger partial charge in [0, 0.05) is 0 Å². The van der Waals surface area contributed by atoms with Gasteiger partial charge in [0.25, 0.3) is 0 Å². The summed E-state index contributed by atoms with van der Waals surface area (Å²) in [6, 6.07) is 7.34. The van der Waals surface area contributed by atoms with E-state index in [1.807, 2.05) is 12.1 Å². The zero-order valence-corrected chi connectivity index (χ0v) is 8.10. The Balaban J connectivity index is 2.28. The van der Waals surface area contributed by atoms with Crippen molar-refractivity contribution in [3.05, 3.63) is 29.8 Å². The van der Waals surface area contributed by atoms with Crippen LogP contribution in [0.5, 0.6) is 5.75 Å². The summed E-state index contributed by atoms with van der Waals surface area (Å²) in [7, 11) is 0. The Bertz CT molecular complexity index is 360. The van der Waals surface area contributed by atoms with Crippen LogP contribution in [0.4, 0.5) is 0 Å². The van der Waals surface area contributed by atoms with Gasteiger partial charge in [0.15, 0.2) is 0 Å². The summed E-state index contributed by atoms with van der Waals surface area (Å²) in [5.41, 5.74) is 0.684. The van der Waals surface area contributed by atoms with E-state index >= 15 is 0 Å². The molecule has 14 heavy (non-hydrogen) atoms. The molecule has 2 rings (SSSR count). The van der Waals surface area contributed by atoms with Crippen LogP contribution in [0.2, 0.25) is 0 Å². The Morgan fingerprint density at radius 2 is 2.29 bits per heavy atom. The number of benzene rings is 1. The van der Waals surface area contributed by atoms with E-state index in [2.05, 4.69) is 11.9 Å². The van der Waals surface area contributed by atoms with E-state index in [9.17, 15) is 5.11 Å². The topological polar surface area (TPSA) is 41.8 Å². The fourth-order valence-electron chi connectivity index (χ4n) is 1.43. The number of aromatic hydroxyl groups is 1. The van der Waals surface area contributed by atoms with Crippen LogP contribution in [-0.4, -0.2) is 23.7 Å². The number of rotatable bonds is 2. The summed E-state index contributed by atoms with van der Waals surface area (Å²) in [5, 5.41) is 9.57. The van der Waals surface area contributed by atoms with Crippen molar-refractivity contribution in [3.8, 4) is 5.75 Å². The Morgan fingerprint density at radius 3 is 2.93 bits per heavy atom. The molecule has 1 aromatic rings. The van der Waals surface area contributed by atoms with Gasteiger partial charge in [-0.25, -0.2) is 4.99 Å². The van der Waals surface area contributed by atoms with Crippen LogP contribution in [0.15, 0.2) is 29.3 Å². The molecule has 1 N–H and O–H groups in total. The van der Waals surface area contributed by atoms with Gasteiger partial charge in [-0.05, 0) is 18.6 Å². The molecule has 1 heterocycles. The lowest BCUT2D eigenvalue weighted by Crippen LogP contribution is -2.03. The first-order valence-corrected chi connectivity index (χ1v) is 4.80. The van der Waals surface area contributed by atoms with Crippen LogP contribution in [0, 0.1) is 0 Å². The summed E-state index contributed by atoms with van der Waals surface area (Å²) >= 11 is 0. The van der Waals surface area contributed by atoms with Crippen LogP contribution in [0.3, 0.4) is 0 Å². The van der Waals surface area contributed by atoms with Crippen molar-refractivity contribution in [2.75, 3.05) is 6.61 Å². The van der Waals surface area contributed by atoms with Crippen molar-refractivity contribution in [3.63, 3.8) is 0 Å². The number of phenols is 1. The van der Waals surface area contributed by atoms with E-state index < -0.39 is 0 Å². The lowest BCUT2D eigenvalue weighted by Gasteiger charge is -2.02. The second-order valence-electron chi connectivity index (χ2n) is 3.32. The monoisotopic (exact) mass is 191 g/mol. The maximum Gasteiger partial charge on any atom is 0.220 e. The molecule has 0 spiro atoms. The highest BCUT2D eigenvalue weighted by Crippen LogP contribution is 2.21. The summed E-state index contributed by atoms with van der Waals surface area (Å²) in [6.07, 6.45) is 0.969. The minimum absolute atomic E-state index is 0.225. The zero-order valence-electron chi connectivity index (χ0n) is 8.10. The highest BCUT2D eigenvalue weighted by Gasteiger charge is 2.20. The van der Waals surface area contributed by atoms with Crippen LogP contribution < -0.4 is 0 Å². The first-order valence-electron chi connectivity index (χ1n) is 4.80. The van der Waals surface area contributed by atoms with Crippen molar-refractivity contribution in [2.45, 2.75) is 19.4 Å². The first kappa shape index (κ1) is 9.06. The van der Waals surface area contributed by atoms with Crippen molar-refractivity contribution in [1.82, 2.24) is 0 Å². The maximum atomic E-state index is 9.57. The maximum absolute atomic E-state index is 9.57. The number of para-hydroxylation sites is 1. The number of hydrogen-bond donors (Lipinski definition) is 1. The molecule has 0 aliphatic carbocycles. The molecule has 0 unspecified atom stereocenters. The van der Waals surface area contributed by atoms with E-state index in [0.717, 1.165) is 6.42 Å². The summed E-state index contributed by atoms with van der Waals surface area (Å²) < 4.78 is 5.41. The third-order valence-corrected chi connectivity index (χ3v) is 2.32. The number of ether oxygens (including phenoxy) is 1. The smallest absolute Gasteiger partial charge is 0.220 e. The molecule has 0 fully saturated rings. The fraction of sp³-hybridized carbons (Fsp3) is 0.364. The average molecular weight is 191 g/mol. The largest absolute Gasteiger partial charge is 0.507 e. The number of phenolic OH excluding ortho intramolecular Hbond substituents is 1. The summed E-state index contributed by atoms with van der Waals surface area (Å²) in [4.78, 5) is 4.37. The lowest BCUT2D eigenvalue weighted by atomic mass is 10.2. The van der Waals surface area contributed by atoms with E-state index in [-0.39, 0.29) is 11.8 Å². The Hall–Kier alpha value is -1.51. The molecule has 0 saturated carbocycles. The van der Waals surface area contributed by atoms with E-state index in [0.29, 0.717) is 18.1 Å². The molecule has 74 valence electrons. The SMILES string of the molecule is CC[C@@H]1COC(c2ccccc2O)=N1. The van der Waals surface area contributed by atoms with Crippen molar-refractivity contribution < 1.29 is 9.84 Å². The normalized spacial score (nSPS) is 20.4. The van der Waals surface area contributed by atoms with Crippen molar-refractivity contribution in [1.29, 1.82) is 0 Å². The first-order chi connectivity index (χ1) is 6.81. The predicted molar refractivity (Wildman–Crippen MR) is 54.7 cm³/mol. The molecule has 3 heteroatoms. The van der Waals surface area contributed by atoms with E-state index in [1.54, 1.807) is 12.1 Å². The average Bonchev–Trinajstić information content (AvgIpc) is 2.67. The van der Waals surface area contributed by atoms with Gasteiger partial charge in [-0.15, -0.1) is 0 Å². The van der Waals surface area contributed by atoms with Crippen molar-refractivity contribution >= 4 is 5.90 Å². The second-order valence-corrected chi connectivity index (χ2v) is 3.32. The van der Waals surface area contributed by atoms with Crippen LogP contribution in [-0.2, 0) is 4.74 Å². The molecule has 1 atom stereocenters. The number of hydrogen-bond acceptors (Lipinski definition) is 3. The molecule has 1 aliphatic heterocycles. The molecule has 0 saturated heterocycles. The third-order valence-electron chi connectivity index (χ3n) is 2.32. The second kappa shape index (κ2) is 3.70. The van der Waals surface area contributed by atoms with Gasteiger partial charge in [-0.1, -0.05) is 19.1 Å². The van der Waals surface area contributed by atoms with Gasteiger partial charge < -0.3 is 9.84 Å². The van der Waals surface area contributed by atoms with Gasteiger partial charge >= 0.3 is 0 Å². The molecule has 0 amide bonds. The molecule has 1 aliphatic rings. The Labute approximate surface area is 83.1 Å². The summed E-state index contributed by atoms with van der Waals surface area (Å²) in [5.74, 6) is 0.790. The standard InChI is InChI=1S/C11H13NO2/c1-2-8-7-14-11(12-8)9-5-3-4-6-10(9)13/h3-6,8,13H,2,7H2,1H3/t8-/m1/s1. The molecule has 0 radical (unpaired) electrons. The Morgan fingerprint density at radius 1 is 1.50 bits per heavy atom. The van der Waals surface area contributed by atoms with Crippen LogP contribution >= 0.6 is 0 Å². The molecular formula is C11H13NO2. The van der Waals surface area contributed by atoms with E-state index in [4.69, 9.17) is 4.74 Å². The third kappa shape index (κ3) is 1.58. The van der Waals surface area contributed by atoms with Gasteiger partial charge in [0.1, 0.15) is 12.4 Å². The molecule has 0 aromatic heterocycles. The quantitative estimate of drug-likeness (QED) is 0.776. The molecule has 1 aromatic carbocycles. The van der Waals surface area contributed by atoms with Gasteiger partial charge in [0.2, 0.25) is 5.90 Å².